The number of aliphatic hydroxyl groups is 1. The maximum absolute atomic E-state index is 12.7. The van der Waals surface area contributed by atoms with E-state index in [2.05, 4.69) is 4.90 Å². The van der Waals surface area contributed by atoms with Gasteiger partial charge in [0, 0.05) is 32.7 Å². The Balaban J connectivity index is 1.62. The largest absolute Gasteiger partial charge is 0.454 e. The van der Waals surface area contributed by atoms with Gasteiger partial charge in [0.05, 0.1) is 11.7 Å². The van der Waals surface area contributed by atoms with E-state index < -0.39 is 0 Å². The highest BCUT2D eigenvalue weighted by Gasteiger charge is 2.28. The number of fused-ring (bicyclic) bond motifs is 1. The van der Waals surface area contributed by atoms with Crippen LogP contribution >= 0.6 is 0 Å². The van der Waals surface area contributed by atoms with Crippen LogP contribution in [0.15, 0.2) is 18.2 Å². The molecule has 1 aromatic carbocycles. The smallest absolute Gasteiger partial charge is 0.257 e. The van der Waals surface area contributed by atoms with E-state index >= 15 is 0 Å². The lowest BCUT2D eigenvalue weighted by atomic mass is 10.1. The van der Waals surface area contributed by atoms with Crippen molar-refractivity contribution in [2.45, 2.75) is 19.4 Å². The molecule has 1 aromatic rings. The first-order valence-electron chi connectivity index (χ1n) is 7.77. The van der Waals surface area contributed by atoms with Crippen LogP contribution in [-0.4, -0.2) is 66.4 Å². The number of rotatable bonds is 4. The van der Waals surface area contributed by atoms with Crippen LogP contribution in [-0.2, 0) is 0 Å². The number of aliphatic hydroxyl groups excluding tert-OH is 1. The van der Waals surface area contributed by atoms with Gasteiger partial charge in [-0.15, -0.1) is 0 Å². The lowest BCUT2D eigenvalue weighted by Gasteiger charge is -2.35. The Morgan fingerprint density at radius 2 is 2.05 bits per heavy atom. The van der Waals surface area contributed by atoms with Crippen molar-refractivity contribution in [1.29, 1.82) is 0 Å². The van der Waals surface area contributed by atoms with Crippen molar-refractivity contribution in [2.24, 2.45) is 0 Å². The highest BCUT2D eigenvalue weighted by atomic mass is 16.7. The molecule has 0 spiro atoms. The predicted molar refractivity (Wildman–Crippen MR) is 81.2 cm³/mol. The van der Waals surface area contributed by atoms with E-state index in [-0.39, 0.29) is 18.8 Å². The van der Waals surface area contributed by atoms with Gasteiger partial charge in [0.1, 0.15) is 0 Å². The van der Waals surface area contributed by atoms with Crippen LogP contribution in [0.5, 0.6) is 11.5 Å². The van der Waals surface area contributed by atoms with Crippen molar-refractivity contribution in [1.82, 2.24) is 9.80 Å². The number of nitrogens with zero attached hydrogens (tertiary/aromatic N) is 2. The van der Waals surface area contributed by atoms with Crippen molar-refractivity contribution in [3.63, 3.8) is 0 Å². The monoisotopic (exact) mass is 306 g/mol. The minimum Gasteiger partial charge on any atom is -0.454 e. The molecule has 6 heteroatoms. The minimum atomic E-state index is -0.287. The fraction of sp³-hybridized carbons (Fsp3) is 0.562. The van der Waals surface area contributed by atoms with Crippen LogP contribution in [0, 0.1) is 0 Å². The predicted octanol–water partition coefficient (Wildman–Crippen LogP) is 0.944. The molecule has 22 heavy (non-hydrogen) atoms. The Bertz CT molecular complexity index is 541. The molecular formula is C16H22N2O4. The molecule has 1 amide bonds. The van der Waals surface area contributed by atoms with Crippen molar-refractivity contribution in [2.75, 3.05) is 39.5 Å². The maximum Gasteiger partial charge on any atom is 0.257 e. The van der Waals surface area contributed by atoms with Crippen molar-refractivity contribution in [3.05, 3.63) is 23.8 Å². The number of hydrogen-bond acceptors (Lipinski definition) is 5. The van der Waals surface area contributed by atoms with Crippen molar-refractivity contribution >= 4 is 5.91 Å². The average Bonchev–Trinajstić information content (AvgIpc) is 3.03. The number of piperazine rings is 1. The van der Waals surface area contributed by atoms with Gasteiger partial charge in [-0.3, -0.25) is 9.69 Å². The summed E-state index contributed by atoms with van der Waals surface area (Å²) in [6.45, 7) is 5.73. The standard InChI is InChI=1S/C16H22N2O4/c1-2-12(19)10-17-6-8-18(9-7-17)16(20)13-4-3-5-14-15(13)22-11-21-14/h3-5,12,19H,2,6-11H2,1H3. The van der Waals surface area contributed by atoms with Crippen molar-refractivity contribution in [3.8, 4) is 11.5 Å². The van der Waals surface area contributed by atoms with Crippen LogP contribution in [0.1, 0.15) is 23.7 Å². The Kier molecular flexibility index (Phi) is 4.49. The van der Waals surface area contributed by atoms with Crippen LogP contribution < -0.4 is 9.47 Å². The summed E-state index contributed by atoms with van der Waals surface area (Å²) in [5.41, 5.74) is 0.567. The SMILES string of the molecule is CCC(O)CN1CCN(C(=O)c2cccc3c2OCO3)CC1. The second-order valence-electron chi connectivity index (χ2n) is 5.69. The van der Waals surface area contributed by atoms with Gasteiger partial charge < -0.3 is 19.5 Å². The topological polar surface area (TPSA) is 62.2 Å². The number of para-hydroxylation sites is 1. The molecule has 2 aliphatic rings. The van der Waals surface area contributed by atoms with E-state index in [0.29, 0.717) is 36.7 Å². The highest BCUT2D eigenvalue weighted by molar-refractivity contribution is 5.98. The number of carbonyl (C=O) groups is 1. The van der Waals surface area contributed by atoms with Gasteiger partial charge in [0.15, 0.2) is 11.5 Å². The van der Waals surface area contributed by atoms with E-state index in [1.165, 1.54) is 0 Å². The first-order chi connectivity index (χ1) is 10.7. The van der Waals surface area contributed by atoms with Gasteiger partial charge in [-0.2, -0.15) is 0 Å². The first kappa shape index (κ1) is 15.1. The molecule has 0 bridgehead atoms. The Hall–Kier alpha value is -1.79. The molecule has 0 aliphatic carbocycles. The van der Waals surface area contributed by atoms with Gasteiger partial charge in [0.2, 0.25) is 6.79 Å². The molecule has 3 rings (SSSR count). The molecule has 1 fully saturated rings. The Labute approximate surface area is 130 Å². The van der Waals surface area contributed by atoms with Gasteiger partial charge in [0.25, 0.3) is 5.91 Å². The van der Waals surface area contributed by atoms with Crippen LogP contribution in [0.2, 0.25) is 0 Å². The molecule has 1 unspecified atom stereocenters. The van der Waals surface area contributed by atoms with Crippen LogP contribution in [0.4, 0.5) is 0 Å². The molecule has 1 atom stereocenters. The number of hydrogen-bond donors (Lipinski definition) is 1. The molecule has 2 aliphatic heterocycles. The molecule has 1 N–H and O–H groups in total. The fourth-order valence-corrected chi connectivity index (χ4v) is 2.83. The third-order valence-electron chi connectivity index (χ3n) is 4.23. The van der Waals surface area contributed by atoms with E-state index in [0.717, 1.165) is 19.5 Å². The van der Waals surface area contributed by atoms with E-state index in [1.807, 2.05) is 24.0 Å². The molecule has 0 saturated carbocycles. The zero-order valence-electron chi connectivity index (χ0n) is 12.8. The molecule has 2 heterocycles. The normalized spacial score (nSPS) is 19.3. The number of ether oxygens (including phenoxy) is 2. The molecule has 6 nitrogen and oxygen atoms in total. The lowest BCUT2D eigenvalue weighted by molar-refractivity contribution is 0.0521. The maximum atomic E-state index is 12.7. The van der Waals surface area contributed by atoms with Gasteiger partial charge in [-0.05, 0) is 18.6 Å². The third-order valence-corrected chi connectivity index (χ3v) is 4.23. The second-order valence-corrected chi connectivity index (χ2v) is 5.69. The second kappa shape index (κ2) is 6.54. The van der Waals surface area contributed by atoms with Gasteiger partial charge in [-0.25, -0.2) is 0 Å². The zero-order chi connectivity index (χ0) is 15.5. The molecule has 0 radical (unpaired) electrons. The number of β-amino-alcohol motifs (C(OH)–C–C–N with tert-alkyl or cyclic N) is 1. The minimum absolute atomic E-state index is 0.0157. The zero-order valence-corrected chi connectivity index (χ0v) is 12.8. The highest BCUT2D eigenvalue weighted by Crippen LogP contribution is 2.35. The molecular weight excluding hydrogens is 284 g/mol. The van der Waals surface area contributed by atoms with Crippen LogP contribution in [0.3, 0.4) is 0 Å². The number of benzene rings is 1. The van der Waals surface area contributed by atoms with Crippen LogP contribution in [0.25, 0.3) is 0 Å². The number of amides is 1. The third kappa shape index (κ3) is 3.03. The average molecular weight is 306 g/mol. The van der Waals surface area contributed by atoms with E-state index in [4.69, 9.17) is 9.47 Å². The summed E-state index contributed by atoms with van der Waals surface area (Å²) in [6.07, 6.45) is 0.470. The van der Waals surface area contributed by atoms with E-state index in [9.17, 15) is 9.90 Å². The first-order valence-corrected chi connectivity index (χ1v) is 7.77. The summed E-state index contributed by atoms with van der Waals surface area (Å²) >= 11 is 0. The summed E-state index contributed by atoms with van der Waals surface area (Å²) < 4.78 is 10.7. The van der Waals surface area contributed by atoms with Crippen molar-refractivity contribution < 1.29 is 19.4 Å². The summed E-state index contributed by atoms with van der Waals surface area (Å²) in [4.78, 5) is 16.7. The summed E-state index contributed by atoms with van der Waals surface area (Å²) in [6, 6.07) is 5.40. The Morgan fingerprint density at radius 1 is 1.27 bits per heavy atom. The summed E-state index contributed by atoms with van der Waals surface area (Å²) in [7, 11) is 0. The fourth-order valence-electron chi connectivity index (χ4n) is 2.83. The van der Waals surface area contributed by atoms with Gasteiger partial charge >= 0.3 is 0 Å². The summed E-state index contributed by atoms with van der Waals surface area (Å²) in [5, 5.41) is 9.72. The van der Waals surface area contributed by atoms with E-state index in [1.54, 1.807) is 6.07 Å². The number of carbonyl (C=O) groups excluding carboxylic acids is 1. The van der Waals surface area contributed by atoms with Gasteiger partial charge in [-0.1, -0.05) is 13.0 Å². The molecule has 120 valence electrons. The molecule has 1 saturated heterocycles. The Morgan fingerprint density at radius 3 is 2.77 bits per heavy atom. The molecule has 0 aromatic heterocycles. The lowest BCUT2D eigenvalue weighted by Crippen LogP contribution is -2.50. The summed E-state index contributed by atoms with van der Waals surface area (Å²) in [5.74, 6) is 1.17. The quantitative estimate of drug-likeness (QED) is 0.897.